The molecule has 0 bridgehead atoms. The number of carbonyl (C=O) groups is 1. The molecule has 1 aromatic heterocycles. The zero-order valence-corrected chi connectivity index (χ0v) is 13.9. The van der Waals surface area contributed by atoms with Crippen molar-refractivity contribution < 1.29 is 18.7 Å². The van der Waals surface area contributed by atoms with Gasteiger partial charge in [0.1, 0.15) is 11.4 Å². The number of fused-ring (bicyclic) bond motifs is 1. The number of carbonyl (C=O) groups excluding carboxylic acids is 1. The summed E-state index contributed by atoms with van der Waals surface area (Å²) in [6.45, 7) is 2.27. The largest absolute Gasteiger partial charge is 0.493 e. The molecule has 2 aromatic carbocycles. The molecule has 0 spiro atoms. The number of para-hydroxylation sites is 2. The lowest BCUT2D eigenvalue weighted by Gasteiger charge is -2.10. The van der Waals surface area contributed by atoms with Crippen LogP contribution >= 0.6 is 0 Å². The number of methoxy groups -OCH3 is 1. The molecule has 128 valence electrons. The normalized spacial score (nSPS) is 10.5. The van der Waals surface area contributed by atoms with Crippen LogP contribution in [0.2, 0.25) is 0 Å². The molecule has 0 fully saturated rings. The van der Waals surface area contributed by atoms with Gasteiger partial charge in [-0.2, -0.15) is 0 Å². The Morgan fingerprint density at radius 3 is 2.64 bits per heavy atom. The van der Waals surface area contributed by atoms with E-state index in [1.165, 1.54) is 7.11 Å². The third kappa shape index (κ3) is 3.33. The van der Waals surface area contributed by atoms with Crippen molar-refractivity contribution in [3.8, 4) is 11.5 Å². The number of hydrogen-bond donors (Lipinski definition) is 1. The lowest BCUT2D eigenvalue weighted by molar-refractivity contribution is 0.102. The molecule has 0 atom stereocenters. The van der Waals surface area contributed by atoms with E-state index < -0.39 is 11.5 Å². The fourth-order valence-electron chi connectivity index (χ4n) is 2.49. The second kappa shape index (κ2) is 7.09. The van der Waals surface area contributed by atoms with E-state index >= 15 is 0 Å². The van der Waals surface area contributed by atoms with Crippen molar-refractivity contribution in [3.05, 3.63) is 64.5 Å². The molecule has 1 heterocycles. The number of ether oxygens (including phenoxy) is 2. The molecular formula is C19H17NO5. The van der Waals surface area contributed by atoms with Gasteiger partial charge in [-0.3, -0.25) is 4.79 Å². The summed E-state index contributed by atoms with van der Waals surface area (Å²) in [7, 11) is 1.50. The van der Waals surface area contributed by atoms with Crippen molar-refractivity contribution in [2.45, 2.75) is 6.92 Å². The van der Waals surface area contributed by atoms with E-state index in [1.54, 1.807) is 48.5 Å². The average molecular weight is 339 g/mol. The van der Waals surface area contributed by atoms with Crippen LogP contribution in [0.25, 0.3) is 11.0 Å². The van der Waals surface area contributed by atoms with E-state index in [0.29, 0.717) is 34.6 Å². The highest BCUT2D eigenvalue weighted by molar-refractivity contribution is 6.06. The second-order valence-corrected chi connectivity index (χ2v) is 5.21. The van der Waals surface area contributed by atoms with E-state index in [-0.39, 0.29) is 5.69 Å². The van der Waals surface area contributed by atoms with Crippen molar-refractivity contribution in [3.63, 3.8) is 0 Å². The third-order valence-corrected chi connectivity index (χ3v) is 3.62. The molecule has 1 amide bonds. The summed E-state index contributed by atoms with van der Waals surface area (Å²) in [6, 6.07) is 13.6. The van der Waals surface area contributed by atoms with Gasteiger partial charge in [0.2, 0.25) is 0 Å². The first-order valence-electron chi connectivity index (χ1n) is 7.78. The number of amides is 1. The molecule has 3 aromatic rings. The van der Waals surface area contributed by atoms with Crippen LogP contribution in [0.3, 0.4) is 0 Å². The summed E-state index contributed by atoms with van der Waals surface area (Å²) in [4.78, 5) is 24.7. The van der Waals surface area contributed by atoms with Crippen LogP contribution < -0.4 is 20.4 Å². The summed E-state index contributed by atoms with van der Waals surface area (Å²) >= 11 is 0. The van der Waals surface area contributed by atoms with Crippen LogP contribution in [-0.2, 0) is 0 Å². The van der Waals surface area contributed by atoms with Gasteiger partial charge in [-0.15, -0.1) is 0 Å². The SMILES string of the molecule is CCOc1ccccc1C(=O)Nc1cc2cccc(OC)c2oc1=O. The molecule has 0 radical (unpaired) electrons. The predicted octanol–water partition coefficient (Wildman–Crippen LogP) is 3.45. The number of hydrogen-bond acceptors (Lipinski definition) is 5. The van der Waals surface area contributed by atoms with E-state index in [0.717, 1.165) is 0 Å². The van der Waals surface area contributed by atoms with Crippen molar-refractivity contribution in [1.29, 1.82) is 0 Å². The fourth-order valence-corrected chi connectivity index (χ4v) is 2.49. The third-order valence-electron chi connectivity index (χ3n) is 3.62. The molecule has 1 N–H and O–H groups in total. The number of anilines is 1. The van der Waals surface area contributed by atoms with E-state index in [9.17, 15) is 9.59 Å². The first-order chi connectivity index (χ1) is 12.1. The molecule has 25 heavy (non-hydrogen) atoms. The van der Waals surface area contributed by atoms with Gasteiger partial charge < -0.3 is 19.2 Å². The number of nitrogens with one attached hydrogen (secondary N) is 1. The van der Waals surface area contributed by atoms with E-state index in [2.05, 4.69) is 5.32 Å². The molecule has 0 aliphatic rings. The standard InChI is InChI=1S/C19H17NO5/c1-3-24-15-9-5-4-8-13(15)18(21)20-14-11-12-7-6-10-16(23-2)17(12)25-19(14)22/h4-11H,3H2,1-2H3,(H,20,21). The quantitative estimate of drug-likeness (QED) is 0.720. The lowest BCUT2D eigenvalue weighted by atomic mass is 10.1. The van der Waals surface area contributed by atoms with Crippen molar-refractivity contribution in [1.82, 2.24) is 0 Å². The number of benzene rings is 2. The Labute approximate surface area is 144 Å². The summed E-state index contributed by atoms with van der Waals surface area (Å²) in [5.41, 5.74) is 0.0773. The van der Waals surface area contributed by atoms with Gasteiger partial charge in [-0.1, -0.05) is 24.3 Å². The highest BCUT2D eigenvalue weighted by atomic mass is 16.5. The highest BCUT2D eigenvalue weighted by Gasteiger charge is 2.15. The Morgan fingerprint density at radius 1 is 1.12 bits per heavy atom. The maximum atomic E-state index is 12.5. The van der Waals surface area contributed by atoms with Crippen LogP contribution in [0.5, 0.6) is 11.5 Å². The summed E-state index contributed by atoms with van der Waals surface area (Å²) in [5, 5.41) is 3.23. The second-order valence-electron chi connectivity index (χ2n) is 5.21. The summed E-state index contributed by atoms with van der Waals surface area (Å²) < 4.78 is 15.9. The highest BCUT2D eigenvalue weighted by Crippen LogP contribution is 2.26. The zero-order chi connectivity index (χ0) is 17.8. The first-order valence-corrected chi connectivity index (χ1v) is 7.78. The Morgan fingerprint density at radius 2 is 1.88 bits per heavy atom. The maximum Gasteiger partial charge on any atom is 0.360 e. The van der Waals surface area contributed by atoms with Gasteiger partial charge in [0.15, 0.2) is 11.3 Å². The van der Waals surface area contributed by atoms with Gasteiger partial charge in [-0.25, -0.2) is 4.79 Å². The topological polar surface area (TPSA) is 77.8 Å². The van der Waals surface area contributed by atoms with Crippen molar-refractivity contribution in [2.24, 2.45) is 0 Å². The summed E-state index contributed by atoms with van der Waals surface area (Å²) in [5.74, 6) is 0.460. The average Bonchev–Trinajstić information content (AvgIpc) is 2.62. The Kier molecular flexibility index (Phi) is 4.70. The lowest BCUT2D eigenvalue weighted by Crippen LogP contribution is -2.18. The predicted molar refractivity (Wildman–Crippen MR) is 94.6 cm³/mol. The first kappa shape index (κ1) is 16.6. The molecule has 6 nitrogen and oxygen atoms in total. The monoisotopic (exact) mass is 339 g/mol. The molecular weight excluding hydrogens is 322 g/mol. The molecule has 0 saturated carbocycles. The smallest absolute Gasteiger partial charge is 0.360 e. The molecule has 0 aliphatic carbocycles. The van der Waals surface area contributed by atoms with E-state index in [4.69, 9.17) is 13.9 Å². The minimum Gasteiger partial charge on any atom is -0.493 e. The number of rotatable bonds is 5. The molecule has 0 aliphatic heterocycles. The molecule has 0 saturated heterocycles. The summed E-state index contributed by atoms with van der Waals surface area (Å²) in [6.07, 6.45) is 0. The van der Waals surface area contributed by atoms with Crippen LogP contribution in [0.1, 0.15) is 17.3 Å². The Hall–Kier alpha value is -3.28. The van der Waals surface area contributed by atoms with E-state index in [1.807, 2.05) is 6.92 Å². The fraction of sp³-hybridized carbons (Fsp3) is 0.158. The Balaban J connectivity index is 1.97. The van der Waals surface area contributed by atoms with Crippen molar-refractivity contribution in [2.75, 3.05) is 19.0 Å². The van der Waals surface area contributed by atoms with Gasteiger partial charge in [0.05, 0.1) is 19.3 Å². The zero-order valence-electron chi connectivity index (χ0n) is 13.9. The molecule has 0 unspecified atom stereocenters. The van der Waals surface area contributed by atoms with Crippen LogP contribution in [-0.4, -0.2) is 19.6 Å². The molecule has 3 rings (SSSR count). The maximum absolute atomic E-state index is 12.5. The van der Waals surface area contributed by atoms with Gasteiger partial charge >= 0.3 is 5.63 Å². The van der Waals surface area contributed by atoms with Gasteiger partial charge in [-0.05, 0) is 31.2 Å². The van der Waals surface area contributed by atoms with Gasteiger partial charge in [0, 0.05) is 5.39 Å². The minimum atomic E-state index is -0.653. The minimum absolute atomic E-state index is 0.0528. The van der Waals surface area contributed by atoms with Crippen molar-refractivity contribution >= 4 is 22.6 Å². The van der Waals surface area contributed by atoms with Crippen LogP contribution in [0.4, 0.5) is 5.69 Å². The Bertz CT molecular complexity index is 977. The molecule has 6 heteroatoms. The van der Waals surface area contributed by atoms with Gasteiger partial charge in [0.25, 0.3) is 5.91 Å². The van der Waals surface area contributed by atoms with Crippen LogP contribution in [0.15, 0.2) is 57.7 Å². The van der Waals surface area contributed by atoms with Crippen LogP contribution in [0, 0.1) is 0 Å².